The molecule has 0 amide bonds. The average Bonchev–Trinajstić information content (AvgIpc) is 2.51. The van der Waals surface area contributed by atoms with Gasteiger partial charge in [0, 0.05) is 16.5 Å². The van der Waals surface area contributed by atoms with E-state index < -0.39 is 0 Å². The number of alkyl halides is 1. The standard InChI is InChI=1S/C7H12BrNO2S/c1-5(8)2-11-7(10)6-3-12-4-9-6/h5-6,9H,2-4H2,1H3. The first-order valence-electron chi connectivity index (χ1n) is 3.82. The van der Waals surface area contributed by atoms with Gasteiger partial charge in [-0.3, -0.25) is 10.1 Å². The van der Waals surface area contributed by atoms with E-state index in [9.17, 15) is 4.79 Å². The molecule has 1 aliphatic heterocycles. The topological polar surface area (TPSA) is 38.3 Å². The van der Waals surface area contributed by atoms with Crippen LogP contribution in [-0.4, -0.2) is 35.1 Å². The third-order valence-electron chi connectivity index (χ3n) is 1.46. The molecule has 0 aromatic heterocycles. The average molecular weight is 254 g/mol. The molecule has 70 valence electrons. The molecule has 0 saturated carbocycles. The Kier molecular flexibility index (Phi) is 4.39. The Hall–Kier alpha value is 0.260. The van der Waals surface area contributed by atoms with E-state index in [-0.39, 0.29) is 16.8 Å². The van der Waals surface area contributed by atoms with Crippen molar-refractivity contribution in [2.24, 2.45) is 0 Å². The summed E-state index contributed by atoms with van der Waals surface area (Å²) in [5.41, 5.74) is 0. The molecule has 2 atom stereocenters. The van der Waals surface area contributed by atoms with E-state index >= 15 is 0 Å². The molecule has 0 aromatic rings. The fourth-order valence-corrected chi connectivity index (χ4v) is 1.90. The zero-order valence-corrected chi connectivity index (χ0v) is 9.28. The highest BCUT2D eigenvalue weighted by molar-refractivity contribution is 9.09. The Morgan fingerprint density at radius 2 is 2.67 bits per heavy atom. The summed E-state index contributed by atoms with van der Waals surface area (Å²) in [7, 11) is 0. The normalized spacial score (nSPS) is 25.3. The first-order chi connectivity index (χ1) is 5.70. The summed E-state index contributed by atoms with van der Waals surface area (Å²) in [5.74, 6) is 1.55. The molecule has 5 heteroatoms. The number of hydrogen-bond donors (Lipinski definition) is 1. The smallest absolute Gasteiger partial charge is 0.324 e. The van der Waals surface area contributed by atoms with Gasteiger partial charge in [0.2, 0.25) is 0 Å². The van der Waals surface area contributed by atoms with E-state index in [1.54, 1.807) is 11.8 Å². The zero-order valence-electron chi connectivity index (χ0n) is 6.88. The highest BCUT2D eigenvalue weighted by Crippen LogP contribution is 2.11. The van der Waals surface area contributed by atoms with Crippen LogP contribution in [0.15, 0.2) is 0 Å². The summed E-state index contributed by atoms with van der Waals surface area (Å²) in [5, 5.41) is 3.05. The summed E-state index contributed by atoms with van der Waals surface area (Å²) in [6, 6.07) is -0.0961. The van der Waals surface area contributed by atoms with E-state index in [0.29, 0.717) is 6.61 Å². The number of hydrogen-bond acceptors (Lipinski definition) is 4. The predicted octanol–water partition coefficient (Wildman–Crippen LogP) is 0.975. The summed E-state index contributed by atoms with van der Waals surface area (Å²) >= 11 is 5.03. The lowest BCUT2D eigenvalue weighted by Gasteiger charge is -2.10. The lowest BCUT2D eigenvalue weighted by molar-refractivity contribution is -0.145. The Morgan fingerprint density at radius 3 is 3.17 bits per heavy atom. The van der Waals surface area contributed by atoms with Crippen LogP contribution in [0.4, 0.5) is 0 Å². The minimum absolute atomic E-state index is 0.0961. The van der Waals surface area contributed by atoms with Gasteiger partial charge in [-0.1, -0.05) is 15.9 Å². The number of carbonyl (C=O) groups is 1. The van der Waals surface area contributed by atoms with Crippen LogP contribution < -0.4 is 5.32 Å². The van der Waals surface area contributed by atoms with Crippen molar-refractivity contribution in [2.45, 2.75) is 17.8 Å². The lowest BCUT2D eigenvalue weighted by Crippen LogP contribution is -2.35. The minimum Gasteiger partial charge on any atom is -0.463 e. The van der Waals surface area contributed by atoms with Crippen LogP contribution in [0.25, 0.3) is 0 Å². The highest BCUT2D eigenvalue weighted by Gasteiger charge is 2.23. The monoisotopic (exact) mass is 253 g/mol. The number of halogens is 1. The maximum atomic E-state index is 11.2. The Labute approximate surface area is 84.7 Å². The van der Waals surface area contributed by atoms with Gasteiger partial charge >= 0.3 is 5.97 Å². The molecule has 2 unspecified atom stereocenters. The van der Waals surface area contributed by atoms with Crippen LogP contribution >= 0.6 is 27.7 Å². The molecule has 0 radical (unpaired) electrons. The van der Waals surface area contributed by atoms with Gasteiger partial charge in [0.15, 0.2) is 0 Å². The van der Waals surface area contributed by atoms with E-state index in [2.05, 4.69) is 21.2 Å². The number of nitrogens with one attached hydrogen (secondary N) is 1. The van der Waals surface area contributed by atoms with E-state index in [4.69, 9.17) is 4.74 Å². The van der Waals surface area contributed by atoms with Gasteiger partial charge in [-0.25, -0.2) is 0 Å². The maximum absolute atomic E-state index is 11.2. The molecule has 0 aromatic carbocycles. The van der Waals surface area contributed by atoms with Crippen molar-refractivity contribution in [1.29, 1.82) is 0 Å². The third-order valence-corrected chi connectivity index (χ3v) is 2.66. The largest absolute Gasteiger partial charge is 0.463 e. The predicted molar refractivity (Wildman–Crippen MR) is 53.6 cm³/mol. The molecular formula is C7H12BrNO2S. The minimum atomic E-state index is -0.133. The van der Waals surface area contributed by atoms with Gasteiger partial charge in [-0.15, -0.1) is 11.8 Å². The molecule has 0 spiro atoms. The first kappa shape index (κ1) is 10.3. The van der Waals surface area contributed by atoms with Crippen molar-refractivity contribution in [1.82, 2.24) is 5.32 Å². The maximum Gasteiger partial charge on any atom is 0.324 e. The molecule has 3 nitrogen and oxygen atoms in total. The molecule has 1 saturated heterocycles. The van der Waals surface area contributed by atoms with Crippen LogP contribution in [-0.2, 0) is 9.53 Å². The molecule has 1 heterocycles. The van der Waals surface area contributed by atoms with Gasteiger partial charge in [-0.2, -0.15) is 0 Å². The van der Waals surface area contributed by atoms with Gasteiger partial charge in [0.05, 0.1) is 0 Å². The van der Waals surface area contributed by atoms with Crippen molar-refractivity contribution in [3.05, 3.63) is 0 Å². The van der Waals surface area contributed by atoms with Crippen molar-refractivity contribution in [3.63, 3.8) is 0 Å². The van der Waals surface area contributed by atoms with Gasteiger partial charge in [0.1, 0.15) is 12.6 Å². The Bertz CT molecular complexity index is 159. The quantitative estimate of drug-likeness (QED) is 0.601. The number of thioether (sulfide) groups is 1. The second kappa shape index (κ2) is 5.09. The van der Waals surface area contributed by atoms with Crippen molar-refractivity contribution in [2.75, 3.05) is 18.2 Å². The second-order valence-electron chi connectivity index (χ2n) is 2.68. The highest BCUT2D eigenvalue weighted by atomic mass is 79.9. The molecule has 12 heavy (non-hydrogen) atoms. The zero-order chi connectivity index (χ0) is 8.97. The number of carbonyl (C=O) groups excluding carboxylic acids is 1. The Morgan fingerprint density at radius 1 is 1.92 bits per heavy atom. The van der Waals surface area contributed by atoms with E-state index in [1.807, 2.05) is 6.92 Å². The summed E-state index contributed by atoms with van der Waals surface area (Å²) in [6.07, 6.45) is 0. The van der Waals surface area contributed by atoms with Crippen LogP contribution in [0, 0.1) is 0 Å². The first-order valence-corrected chi connectivity index (χ1v) is 5.89. The van der Waals surface area contributed by atoms with Crippen molar-refractivity contribution >= 4 is 33.7 Å². The second-order valence-corrected chi connectivity index (χ2v) is 5.28. The van der Waals surface area contributed by atoms with Gasteiger partial charge in [0.25, 0.3) is 0 Å². The Balaban J connectivity index is 2.18. The third kappa shape index (κ3) is 3.33. The van der Waals surface area contributed by atoms with E-state index in [1.165, 1.54) is 0 Å². The lowest BCUT2D eigenvalue weighted by atomic mass is 10.3. The molecule has 0 bridgehead atoms. The molecule has 1 N–H and O–H groups in total. The number of rotatable bonds is 3. The molecule has 1 rings (SSSR count). The molecule has 1 fully saturated rings. The summed E-state index contributed by atoms with van der Waals surface area (Å²) in [6.45, 7) is 2.39. The molecule has 1 aliphatic rings. The fraction of sp³-hybridized carbons (Fsp3) is 0.857. The van der Waals surface area contributed by atoms with Crippen molar-refractivity contribution < 1.29 is 9.53 Å². The van der Waals surface area contributed by atoms with Crippen LogP contribution in [0.1, 0.15) is 6.92 Å². The fourth-order valence-electron chi connectivity index (χ4n) is 0.844. The van der Waals surface area contributed by atoms with Crippen molar-refractivity contribution in [3.8, 4) is 0 Å². The van der Waals surface area contributed by atoms with Crippen LogP contribution in [0.3, 0.4) is 0 Å². The SMILES string of the molecule is CC(Br)COC(=O)C1CSCN1. The summed E-state index contributed by atoms with van der Waals surface area (Å²) < 4.78 is 5.03. The number of esters is 1. The van der Waals surface area contributed by atoms with E-state index in [0.717, 1.165) is 11.6 Å². The van der Waals surface area contributed by atoms with Crippen LogP contribution in [0.5, 0.6) is 0 Å². The molecular weight excluding hydrogens is 242 g/mol. The van der Waals surface area contributed by atoms with Gasteiger partial charge in [-0.05, 0) is 6.92 Å². The number of ether oxygens (including phenoxy) is 1. The van der Waals surface area contributed by atoms with Crippen LogP contribution in [0.2, 0.25) is 0 Å². The molecule has 0 aliphatic carbocycles. The summed E-state index contributed by atoms with van der Waals surface area (Å²) in [4.78, 5) is 11.5. The van der Waals surface area contributed by atoms with Gasteiger partial charge < -0.3 is 4.74 Å².